The lowest BCUT2D eigenvalue weighted by Crippen LogP contribution is -2.20. The van der Waals surface area contributed by atoms with E-state index in [2.05, 4.69) is 4.98 Å². The molecule has 18 heavy (non-hydrogen) atoms. The number of thioether (sulfide) groups is 1. The van der Waals surface area contributed by atoms with Crippen molar-refractivity contribution in [1.82, 2.24) is 4.98 Å². The molecule has 0 fully saturated rings. The number of para-hydroxylation sites is 2. The number of nitrogens with zero attached hydrogens (tertiary/aromatic N) is 1. The number of nitrogen functional groups attached to an aromatic ring is 1. The van der Waals surface area contributed by atoms with Crippen molar-refractivity contribution < 1.29 is 9.84 Å². The van der Waals surface area contributed by atoms with Gasteiger partial charge in [0.15, 0.2) is 0 Å². The van der Waals surface area contributed by atoms with E-state index in [1.54, 1.807) is 29.7 Å². The van der Waals surface area contributed by atoms with Gasteiger partial charge < -0.3 is 15.6 Å². The number of benzene rings is 1. The first-order valence-electron chi connectivity index (χ1n) is 5.43. The molecule has 3 N–H and O–H groups in total. The van der Waals surface area contributed by atoms with E-state index in [0.717, 1.165) is 4.34 Å². The molecule has 1 aromatic carbocycles. The normalized spacial score (nSPS) is 12.3. The summed E-state index contributed by atoms with van der Waals surface area (Å²) in [5.41, 5.74) is 6.32. The van der Waals surface area contributed by atoms with Crippen LogP contribution in [0, 0.1) is 0 Å². The highest BCUT2D eigenvalue weighted by Crippen LogP contribution is 2.22. The summed E-state index contributed by atoms with van der Waals surface area (Å²) in [5.74, 6) is 1.16. The van der Waals surface area contributed by atoms with Gasteiger partial charge in [0.05, 0.1) is 11.8 Å². The van der Waals surface area contributed by atoms with Crippen molar-refractivity contribution >= 4 is 28.8 Å². The number of hydrogen-bond donors (Lipinski definition) is 2. The molecule has 96 valence electrons. The topological polar surface area (TPSA) is 68.4 Å². The Morgan fingerprint density at radius 2 is 2.28 bits per heavy atom. The molecule has 1 heterocycles. The molecule has 0 spiro atoms. The predicted octanol–water partition coefficient (Wildman–Crippen LogP) is 2.26. The zero-order valence-corrected chi connectivity index (χ0v) is 11.3. The van der Waals surface area contributed by atoms with Crippen molar-refractivity contribution in [1.29, 1.82) is 0 Å². The third kappa shape index (κ3) is 3.90. The van der Waals surface area contributed by atoms with E-state index < -0.39 is 6.10 Å². The van der Waals surface area contributed by atoms with Crippen molar-refractivity contribution in [3.8, 4) is 5.75 Å². The molecular weight excluding hydrogens is 268 g/mol. The van der Waals surface area contributed by atoms with Crippen LogP contribution in [0.5, 0.6) is 5.75 Å². The van der Waals surface area contributed by atoms with E-state index in [1.807, 2.05) is 17.5 Å². The molecule has 2 aromatic rings. The lowest BCUT2D eigenvalue weighted by atomic mass is 10.3. The fraction of sp³-hybridized carbons (Fsp3) is 0.250. The zero-order chi connectivity index (χ0) is 12.8. The fourth-order valence-electron chi connectivity index (χ4n) is 1.30. The lowest BCUT2D eigenvalue weighted by molar-refractivity contribution is 0.127. The highest BCUT2D eigenvalue weighted by Gasteiger charge is 2.08. The summed E-state index contributed by atoms with van der Waals surface area (Å²) < 4.78 is 6.42. The van der Waals surface area contributed by atoms with E-state index in [1.165, 1.54) is 11.8 Å². The van der Waals surface area contributed by atoms with E-state index >= 15 is 0 Å². The van der Waals surface area contributed by atoms with Crippen LogP contribution in [0.25, 0.3) is 0 Å². The quantitative estimate of drug-likeness (QED) is 0.628. The first-order valence-corrected chi connectivity index (χ1v) is 7.30. The summed E-state index contributed by atoms with van der Waals surface area (Å²) in [4.78, 5) is 4.13. The Morgan fingerprint density at radius 3 is 3.00 bits per heavy atom. The third-order valence-electron chi connectivity index (χ3n) is 2.16. The van der Waals surface area contributed by atoms with Crippen LogP contribution in [0.15, 0.2) is 40.2 Å². The van der Waals surface area contributed by atoms with Crippen molar-refractivity contribution in [2.75, 3.05) is 18.1 Å². The SMILES string of the molecule is Nc1ccccc1OCC(O)CSc1nccs1. The number of ether oxygens (including phenoxy) is 1. The standard InChI is InChI=1S/C12H14N2O2S2/c13-10-3-1-2-4-11(10)16-7-9(15)8-18-12-14-5-6-17-12/h1-6,9,15H,7-8,13H2. The van der Waals surface area contributed by atoms with E-state index in [-0.39, 0.29) is 6.61 Å². The number of rotatable bonds is 6. The molecule has 0 radical (unpaired) electrons. The van der Waals surface area contributed by atoms with Crippen LogP contribution in [0.3, 0.4) is 0 Å². The average molecular weight is 282 g/mol. The Labute approximate surface area is 114 Å². The number of aliphatic hydroxyl groups is 1. The second kappa shape index (κ2) is 6.63. The van der Waals surface area contributed by atoms with Crippen LogP contribution >= 0.6 is 23.1 Å². The van der Waals surface area contributed by atoms with Gasteiger partial charge in [0.2, 0.25) is 0 Å². The van der Waals surface area contributed by atoms with Crippen LogP contribution < -0.4 is 10.5 Å². The molecule has 1 unspecified atom stereocenters. The molecule has 0 aliphatic carbocycles. The zero-order valence-electron chi connectivity index (χ0n) is 9.65. The van der Waals surface area contributed by atoms with E-state index in [9.17, 15) is 5.11 Å². The van der Waals surface area contributed by atoms with Crippen molar-refractivity contribution in [3.63, 3.8) is 0 Å². The van der Waals surface area contributed by atoms with Crippen LogP contribution in [0.1, 0.15) is 0 Å². The van der Waals surface area contributed by atoms with Gasteiger partial charge in [0, 0.05) is 17.3 Å². The summed E-state index contributed by atoms with van der Waals surface area (Å²) in [6, 6.07) is 7.25. The average Bonchev–Trinajstić information content (AvgIpc) is 2.88. The molecule has 0 bridgehead atoms. The lowest BCUT2D eigenvalue weighted by Gasteiger charge is -2.12. The Kier molecular flexibility index (Phi) is 4.86. The van der Waals surface area contributed by atoms with E-state index in [4.69, 9.17) is 10.5 Å². The van der Waals surface area contributed by atoms with Crippen molar-refractivity contribution in [2.45, 2.75) is 10.4 Å². The minimum absolute atomic E-state index is 0.229. The van der Waals surface area contributed by atoms with Gasteiger partial charge in [-0.25, -0.2) is 4.98 Å². The number of thiazole rings is 1. The second-order valence-electron chi connectivity index (χ2n) is 3.61. The Morgan fingerprint density at radius 1 is 1.44 bits per heavy atom. The molecule has 0 saturated heterocycles. The molecule has 0 aliphatic heterocycles. The van der Waals surface area contributed by atoms with Gasteiger partial charge in [0.25, 0.3) is 0 Å². The molecule has 6 heteroatoms. The van der Waals surface area contributed by atoms with Gasteiger partial charge in [-0.3, -0.25) is 0 Å². The highest BCUT2D eigenvalue weighted by molar-refractivity contribution is 8.01. The maximum atomic E-state index is 9.79. The molecular formula is C12H14N2O2S2. The van der Waals surface area contributed by atoms with E-state index in [0.29, 0.717) is 17.2 Å². The number of nitrogens with two attached hydrogens (primary N) is 1. The first kappa shape index (κ1) is 13.2. The summed E-state index contributed by atoms with van der Waals surface area (Å²) in [7, 11) is 0. The predicted molar refractivity (Wildman–Crippen MR) is 75.2 cm³/mol. The summed E-state index contributed by atoms with van der Waals surface area (Å²) in [6.07, 6.45) is 1.21. The van der Waals surface area contributed by atoms with Crippen LogP contribution in [0.4, 0.5) is 5.69 Å². The molecule has 1 aromatic heterocycles. The molecule has 0 amide bonds. The minimum Gasteiger partial charge on any atom is -0.489 e. The molecule has 0 aliphatic rings. The Balaban J connectivity index is 1.75. The number of aliphatic hydroxyl groups excluding tert-OH is 1. The third-order valence-corrected chi connectivity index (χ3v) is 4.27. The minimum atomic E-state index is -0.543. The molecule has 1 atom stereocenters. The maximum Gasteiger partial charge on any atom is 0.149 e. The number of hydrogen-bond acceptors (Lipinski definition) is 6. The molecule has 0 saturated carbocycles. The van der Waals surface area contributed by atoms with Gasteiger partial charge in [-0.05, 0) is 12.1 Å². The van der Waals surface area contributed by atoms with Crippen molar-refractivity contribution in [2.24, 2.45) is 0 Å². The largest absolute Gasteiger partial charge is 0.489 e. The van der Waals surface area contributed by atoms with Gasteiger partial charge in [0.1, 0.15) is 16.7 Å². The molecule has 4 nitrogen and oxygen atoms in total. The van der Waals surface area contributed by atoms with Gasteiger partial charge in [-0.2, -0.15) is 0 Å². The number of anilines is 1. The van der Waals surface area contributed by atoms with Gasteiger partial charge in [-0.1, -0.05) is 23.9 Å². The Bertz CT molecular complexity index is 477. The van der Waals surface area contributed by atoms with Crippen LogP contribution in [-0.2, 0) is 0 Å². The number of aromatic nitrogens is 1. The first-order chi connectivity index (χ1) is 8.75. The summed E-state index contributed by atoms with van der Waals surface area (Å²) >= 11 is 3.08. The fourth-order valence-corrected chi connectivity index (χ4v) is 2.86. The van der Waals surface area contributed by atoms with Crippen LogP contribution in [-0.4, -0.2) is 28.6 Å². The monoisotopic (exact) mass is 282 g/mol. The second-order valence-corrected chi connectivity index (χ2v) is 5.77. The summed E-state index contributed by atoms with van der Waals surface area (Å²) in [6.45, 7) is 0.229. The smallest absolute Gasteiger partial charge is 0.149 e. The van der Waals surface area contributed by atoms with Crippen LogP contribution in [0.2, 0.25) is 0 Å². The Hall–Kier alpha value is -1.24. The van der Waals surface area contributed by atoms with Crippen molar-refractivity contribution in [3.05, 3.63) is 35.8 Å². The van der Waals surface area contributed by atoms with Gasteiger partial charge in [-0.15, -0.1) is 11.3 Å². The summed E-state index contributed by atoms with van der Waals surface area (Å²) in [5, 5.41) is 11.7. The van der Waals surface area contributed by atoms with Gasteiger partial charge >= 0.3 is 0 Å². The maximum absolute atomic E-state index is 9.79. The molecule has 2 rings (SSSR count). The highest BCUT2D eigenvalue weighted by atomic mass is 32.2.